The number of para-hydroxylation sites is 1. The van der Waals surface area contributed by atoms with E-state index in [0.29, 0.717) is 11.4 Å². The Morgan fingerprint density at radius 1 is 0.939 bits per heavy atom. The zero-order valence-electron chi connectivity index (χ0n) is 18.5. The van der Waals surface area contributed by atoms with Gasteiger partial charge < -0.3 is 4.90 Å². The zero-order chi connectivity index (χ0) is 22.8. The summed E-state index contributed by atoms with van der Waals surface area (Å²) >= 11 is 0. The first-order chi connectivity index (χ1) is 16.1. The molecule has 33 heavy (non-hydrogen) atoms. The summed E-state index contributed by atoms with van der Waals surface area (Å²) in [6, 6.07) is 21.1. The highest BCUT2D eigenvalue weighted by molar-refractivity contribution is 5.95. The normalized spacial score (nSPS) is 14.4. The Morgan fingerprint density at radius 3 is 2.45 bits per heavy atom. The third kappa shape index (κ3) is 4.22. The first-order valence-electron chi connectivity index (χ1n) is 11.2. The van der Waals surface area contributed by atoms with Crippen LogP contribution in [0.5, 0.6) is 0 Å². The Bertz CT molecular complexity index is 1330. The number of benzene rings is 2. The van der Waals surface area contributed by atoms with Gasteiger partial charge in [-0.2, -0.15) is 10.2 Å². The van der Waals surface area contributed by atoms with E-state index in [-0.39, 0.29) is 17.3 Å². The molecular formula is C26H25N5O2. The van der Waals surface area contributed by atoms with Crippen LogP contribution >= 0.6 is 0 Å². The predicted molar refractivity (Wildman–Crippen MR) is 128 cm³/mol. The second-order valence-corrected chi connectivity index (χ2v) is 8.30. The fraction of sp³-hybridized carbons (Fsp3) is 0.231. The number of ketones is 1. The average molecular weight is 440 g/mol. The van der Waals surface area contributed by atoms with Gasteiger partial charge in [0.2, 0.25) is 5.43 Å². The maximum atomic E-state index is 12.7. The molecule has 1 saturated heterocycles. The van der Waals surface area contributed by atoms with E-state index in [1.807, 2.05) is 65.3 Å². The summed E-state index contributed by atoms with van der Waals surface area (Å²) in [5.41, 5.74) is 3.64. The SMILES string of the molecule is CC(=O)c1cccc(N2CCC(n3ccc(=O)c(-c4ccnn4-c4ccccc4)n3)CC2)c1. The molecule has 0 aliphatic carbocycles. The van der Waals surface area contributed by atoms with Gasteiger partial charge in [0.1, 0.15) is 0 Å². The van der Waals surface area contributed by atoms with Crippen LogP contribution in [0, 0.1) is 0 Å². The second kappa shape index (κ2) is 8.86. The molecular weight excluding hydrogens is 414 g/mol. The number of hydrogen-bond acceptors (Lipinski definition) is 5. The topological polar surface area (TPSA) is 73.0 Å². The lowest BCUT2D eigenvalue weighted by Gasteiger charge is -2.34. The summed E-state index contributed by atoms with van der Waals surface area (Å²) in [5, 5.41) is 9.15. The third-order valence-corrected chi connectivity index (χ3v) is 6.17. The summed E-state index contributed by atoms with van der Waals surface area (Å²) in [7, 11) is 0. The molecule has 0 radical (unpaired) electrons. The first-order valence-corrected chi connectivity index (χ1v) is 11.2. The van der Waals surface area contributed by atoms with E-state index in [0.717, 1.165) is 42.9 Å². The summed E-state index contributed by atoms with van der Waals surface area (Å²) in [6.45, 7) is 3.31. The van der Waals surface area contributed by atoms with Gasteiger partial charge in [-0.25, -0.2) is 4.68 Å². The molecule has 0 unspecified atom stereocenters. The fourth-order valence-corrected chi connectivity index (χ4v) is 4.37. The van der Waals surface area contributed by atoms with Crippen LogP contribution in [-0.2, 0) is 0 Å². The highest BCUT2D eigenvalue weighted by atomic mass is 16.1. The van der Waals surface area contributed by atoms with Crippen molar-refractivity contribution in [1.82, 2.24) is 19.6 Å². The Labute approximate surface area is 191 Å². The lowest BCUT2D eigenvalue weighted by molar-refractivity contribution is 0.101. The molecule has 0 spiro atoms. The monoisotopic (exact) mass is 439 g/mol. The molecule has 166 valence electrons. The molecule has 2 aromatic heterocycles. The third-order valence-electron chi connectivity index (χ3n) is 6.17. The Balaban J connectivity index is 1.37. The van der Waals surface area contributed by atoms with Gasteiger partial charge in [0.15, 0.2) is 11.5 Å². The summed E-state index contributed by atoms with van der Waals surface area (Å²) in [5.74, 6) is 0.0754. The number of nitrogens with zero attached hydrogens (tertiary/aromatic N) is 5. The summed E-state index contributed by atoms with van der Waals surface area (Å²) in [4.78, 5) is 26.7. The van der Waals surface area contributed by atoms with Crippen LogP contribution in [0.3, 0.4) is 0 Å². The molecule has 0 amide bonds. The molecule has 1 aliphatic rings. The number of carbonyl (C=O) groups excluding carboxylic acids is 1. The van der Waals surface area contributed by atoms with Crippen molar-refractivity contribution in [3.63, 3.8) is 0 Å². The van der Waals surface area contributed by atoms with E-state index in [9.17, 15) is 9.59 Å². The number of aromatic nitrogens is 4. The van der Waals surface area contributed by atoms with Crippen LogP contribution in [-0.4, -0.2) is 38.4 Å². The minimum absolute atomic E-state index is 0.0754. The van der Waals surface area contributed by atoms with Gasteiger partial charge in [0.05, 0.1) is 23.6 Å². The molecule has 7 nitrogen and oxygen atoms in total. The molecule has 1 aliphatic heterocycles. The van der Waals surface area contributed by atoms with Crippen LogP contribution in [0.4, 0.5) is 5.69 Å². The largest absolute Gasteiger partial charge is 0.371 e. The molecule has 2 aromatic carbocycles. The van der Waals surface area contributed by atoms with E-state index in [1.165, 1.54) is 0 Å². The van der Waals surface area contributed by atoms with Crippen molar-refractivity contribution in [3.8, 4) is 17.1 Å². The standard InChI is InChI=1S/C26H25N5O2/c1-19(32)20-6-5-9-23(18-20)29-15-11-21(12-16-29)30-17-13-25(33)26(28-30)24-10-14-27-31(24)22-7-3-2-4-8-22/h2-10,13-14,17-18,21H,11-12,15-16H2,1H3. The van der Waals surface area contributed by atoms with Crippen molar-refractivity contribution in [2.24, 2.45) is 0 Å². The van der Waals surface area contributed by atoms with Crippen molar-refractivity contribution in [1.29, 1.82) is 0 Å². The molecule has 0 bridgehead atoms. The smallest absolute Gasteiger partial charge is 0.209 e. The number of Topliss-reactive ketones (excluding diaryl/α,β-unsaturated/α-hetero) is 1. The van der Waals surface area contributed by atoms with Crippen molar-refractivity contribution in [2.45, 2.75) is 25.8 Å². The van der Waals surface area contributed by atoms with Crippen LogP contribution in [0.1, 0.15) is 36.2 Å². The van der Waals surface area contributed by atoms with Crippen molar-refractivity contribution >= 4 is 11.5 Å². The molecule has 7 heteroatoms. The molecule has 5 rings (SSSR count). The van der Waals surface area contributed by atoms with Crippen LogP contribution in [0.15, 0.2) is 83.9 Å². The fourth-order valence-electron chi connectivity index (χ4n) is 4.37. The number of rotatable bonds is 5. The predicted octanol–water partition coefficient (Wildman–Crippen LogP) is 4.14. The van der Waals surface area contributed by atoms with Crippen molar-refractivity contribution in [2.75, 3.05) is 18.0 Å². The van der Waals surface area contributed by atoms with Gasteiger partial charge >= 0.3 is 0 Å². The number of anilines is 1. The Hall–Kier alpha value is -4.00. The van der Waals surface area contributed by atoms with E-state index >= 15 is 0 Å². The molecule has 3 heterocycles. The van der Waals surface area contributed by atoms with Gasteiger partial charge in [-0.15, -0.1) is 0 Å². The van der Waals surface area contributed by atoms with Crippen LogP contribution in [0.2, 0.25) is 0 Å². The minimum atomic E-state index is -0.123. The summed E-state index contributed by atoms with van der Waals surface area (Å²) < 4.78 is 3.67. The molecule has 0 atom stereocenters. The quantitative estimate of drug-likeness (QED) is 0.437. The highest BCUT2D eigenvalue weighted by Crippen LogP contribution is 2.27. The highest BCUT2D eigenvalue weighted by Gasteiger charge is 2.23. The van der Waals surface area contributed by atoms with Crippen LogP contribution < -0.4 is 10.3 Å². The second-order valence-electron chi connectivity index (χ2n) is 8.30. The molecule has 0 saturated carbocycles. The maximum absolute atomic E-state index is 12.7. The van der Waals surface area contributed by atoms with Gasteiger partial charge in [0, 0.05) is 36.6 Å². The zero-order valence-corrected chi connectivity index (χ0v) is 18.5. The van der Waals surface area contributed by atoms with Crippen LogP contribution in [0.25, 0.3) is 17.1 Å². The maximum Gasteiger partial charge on any atom is 0.209 e. The van der Waals surface area contributed by atoms with Crippen molar-refractivity contribution in [3.05, 3.63) is 94.9 Å². The van der Waals surface area contributed by atoms with E-state index < -0.39 is 0 Å². The van der Waals surface area contributed by atoms with Crippen molar-refractivity contribution < 1.29 is 4.79 Å². The lowest BCUT2D eigenvalue weighted by Crippen LogP contribution is -2.35. The van der Waals surface area contributed by atoms with Gasteiger partial charge in [0.25, 0.3) is 0 Å². The number of hydrogen-bond donors (Lipinski definition) is 0. The lowest BCUT2D eigenvalue weighted by atomic mass is 10.0. The molecule has 1 fully saturated rings. The van der Waals surface area contributed by atoms with Gasteiger partial charge in [-0.1, -0.05) is 30.3 Å². The minimum Gasteiger partial charge on any atom is -0.371 e. The molecule has 0 N–H and O–H groups in total. The van der Waals surface area contributed by atoms with Gasteiger partial charge in [-0.3, -0.25) is 14.3 Å². The Kier molecular flexibility index (Phi) is 5.60. The average Bonchev–Trinajstić information content (AvgIpc) is 3.35. The van der Waals surface area contributed by atoms with E-state index in [2.05, 4.69) is 10.00 Å². The number of carbonyl (C=O) groups is 1. The van der Waals surface area contributed by atoms with E-state index in [4.69, 9.17) is 5.10 Å². The van der Waals surface area contributed by atoms with E-state index in [1.54, 1.807) is 30.1 Å². The Morgan fingerprint density at radius 2 is 1.70 bits per heavy atom. The summed E-state index contributed by atoms with van der Waals surface area (Å²) in [6.07, 6.45) is 5.27. The van der Waals surface area contributed by atoms with Gasteiger partial charge in [-0.05, 0) is 50.1 Å². The molecule has 4 aromatic rings. The number of piperidine rings is 1. The first kappa shape index (κ1) is 20.9.